The number of aromatic nitrogens is 2. The number of hydrogen-bond acceptors (Lipinski definition) is 2. The van der Waals surface area contributed by atoms with Crippen molar-refractivity contribution in [3.05, 3.63) is 52.3 Å². The molecule has 0 spiro atoms. The predicted molar refractivity (Wildman–Crippen MR) is 93.1 cm³/mol. The summed E-state index contributed by atoms with van der Waals surface area (Å²) in [7, 11) is 1.62. The van der Waals surface area contributed by atoms with Gasteiger partial charge in [-0.05, 0) is 25.8 Å². The standard InChI is InChI=1S/C19H25F2N3O/c1-12(2)10-24-14(4)17(13(3)22-24)9-19(25)23(5)11-15-6-7-16(20)8-18(15)21/h6-8,12H,9-11H2,1-5H3. The molecule has 1 aromatic heterocycles. The minimum Gasteiger partial charge on any atom is -0.341 e. The Morgan fingerprint density at radius 2 is 1.96 bits per heavy atom. The first-order chi connectivity index (χ1) is 11.7. The van der Waals surface area contributed by atoms with Gasteiger partial charge in [0, 0.05) is 43.0 Å². The normalized spacial score (nSPS) is 11.2. The highest BCUT2D eigenvalue weighted by Crippen LogP contribution is 2.17. The highest BCUT2D eigenvalue weighted by Gasteiger charge is 2.18. The van der Waals surface area contributed by atoms with Gasteiger partial charge in [-0.2, -0.15) is 5.10 Å². The van der Waals surface area contributed by atoms with Crippen LogP contribution in [0.3, 0.4) is 0 Å². The van der Waals surface area contributed by atoms with Crippen LogP contribution in [0.2, 0.25) is 0 Å². The minimum absolute atomic E-state index is 0.100. The molecule has 136 valence electrons. The first-order valence-corrected chi connectivity index (χ1v) is 8.39. The Labute approximate surface area is 147 Å². The van der Waals surface area contributed by atoms with E-state index in [9.17, 15) is 13.6 Å². The molecule has 0 fully saturated rings. The molecule has 25 heavy (non-hydrogen) atoms. The Morgan fingerprint density at radius 3 is 2.56 bits per heavy atom. The van der Waals surface area contributed by atoms with Gasteiger partial charge in [0.25, 0.3) is 0 Å². The van der Waals surface area contributed by atoms with E-state index in [1.165, 1.54) is 17.0 Å². The van der Waals surface area contributed by atoms with E-state index in [0.717, 1.165) is 29.6 Å². The van der Waals surface area contributed by atoms with E-state index in [1.807, 2.05) is 18.5 Å². The zero-order chi connectivity index (χ0) is 18.7. The predicted octanol–water partition coefficient (Wildman–Crippen LogP) is 3.64. The molecule has 0 saturated carbocycles. The summed E-state index contributed by atoms with van der Waals surface area (Å²) in [6.07, 6.45) is 0.217. The topological polar surface area (TPSA) is 38.1 Å². The SMILES string of the molecule is Cc1nn(CC(C)C)c(C)c1CC(=O)N(C)Cc1ccc(F)cc1F. The summed E-state index contributed by atoms with van der Waals surface area (Å²) in [5.74, 6) is -0.930. The Morgan fingerprint density at radius 1 is 1.28 bits per heavy atom. The molecule has 0 aliphatic carbocycles. The van der Waals surface area contributed by atoms with Crippen molar-refractivity contribution >= 4 is 5.91 Å². The van der Waals surface area contributed by atoms with Gasteiger partial charge in [-0.25, -0.2) is 8.78 Å². The summed E-state index contributed by atoms with van der Waals surface area (Å²) >= 11 is 0. The third kappa shape index (κ3) is 4.65. The Hall–Kier alpha value is -2.24. The fraction of sp³-hybridized carbons (Fsp3) is 0.474. The third-order valence-corrected chi connectivity index (χ3v) is 4.25. The van der Waals surface area contributed by atoms with Crippen molar-refractivity contribution in [3.8, 4) is 0 Å². The smallest absolute Gasteiger partial charge is 0.227 e. The lowest BCUT2D eigenvalue weighted by Crippen LogP contribution is -2.28. The van der Waals surface area contributed by atoms with E-state index in [0.29, 0.717) is 11.5 Å². The second-order valence-electron chi connectivity index (χ2n) is 6.89. The number of rotatable bonds is 6. The molecular weight excluding hydrogens is 324 g/mol. The number of aryl methyl sites for hydroxylation is 1. The highest BCUT2D eigenvalue weighted by atomic mass is 19.1. The number of halogens is 2. The molecule has 1 heterocycles. The summed E-state index contributed by atoms with van der Waals surface area (Å²) in [6, 6.07) is 3.39. The maximum Gasteiger partial charge on any atom is 0.227 e. The van der Waals surface area contributed by atoms with Gasteiger partial charge in [-0.1, -0.05) is 19.9 Å². The number of likely N-dealkylation sites (N-methyl/N-ethyl adjacent to an activating group) is 1. The van der Waals surface area contributed by atoms with Crippen LogP contribution in [0.4, 0.5) is 8.78 Å². The van der Waals surface area contributed by atoms with E-state index in [2.05, 4.69) is 18.9 Å². The monoisotopic (exact) mass is 349 g/mol. The molecule has 4 nitrogen and oxygen atoms in total. The number of carbonyl (C=O) groups excluding carboxylic acids is 1. The lowest BCUT2D eigenvalue weighted by Gasteiger charge is -2.18. The van der Waals surface area contributed by atoms with E-state index < -0.39 is 11.6 Å². The summed E-state index contributed by atoms with van der Waals surface area (Å²) in [5, 5.41) is 4.51. The molecule has 2 aromatic rings. The van der Waals surface area contributed by atoms with Crippen LogP contribution in [-0.4, -0.2) is 27.6 Å². The zero-order valence-electron chi connectivity index (χ0n) is 15.4. The lowest BCUT2D eigenvalue weighted by atomic mass is 10.1. The van der Waals surface area contributed by atoms with Gasteiger partial charge in [0.05, 0.1) is 12.1 Å². The number of nitrogens with zero attached hydrogens (tertiary/aromatic N) is 3. The number of amides is 1. The Kier molecular flexibility index (Phi) is 5.93. The molecule has 1 aromatic carbocycles. The summed E-state index contributed by atoms with van der Waals surface area (Å²) < 4.78 is 28.7. The second kappa shape index (κ2) is 7.76. The molecule has 0 aliphatic heterocycles. The Balaban J connectivity index is 2.10. The van der Waals surface area contributed by atoms with Gasteiger partial charge in [0.2, 0.25) is 5.91 Å². The van der Waals surface area contributed by atoms with Crippen LogP contribution in [0.5, 0.6) is 0 Å². The summed E-state index contributed by atoms with van der Waals surface area (Å²) in [4.78, 5) is 14.0. The average molecular weight is 349 g/mol. The van der Waals surface area contributed by atoms with Gasteiger partial charge in [0.15, 0.2) is 0 Å². The van der Waals surface area contributed by atoms with E-state index >= 15 is 0 Å². The van der Waals surface area contributed by atoms with Crippen molar-refractivity contribution in [2.24, 2.45) is 5.92 Å². The molecule has 0 atom stereocenters. The molecular formula is C19H25F2N3O. The van der Waals surface area contributed by atoms with Crippen LogP contribution in [0, 0.1) is 31.4 Å². The zero-order valence-corrected chi connectivity index (χ0v) is 15.4. The van der Waals surface area contributed by atoms with Crippen molar-refractivity contribution in [2.75, 3.05) is 7.05 Å². The quantitative estimate of drug-likeness (QED) is 0.799. The van der Waals surface area contributed by atoms with Crippen molar-refractivity contribution in [1.82, 2.24) is 14.7 Å². The molecule has 0 aliphatic rings. The molecule has 0 saturated heterocycles. The second-order valence-corrected chi connectivity index (χ2v) is 6.89. The van der Waals surface area contributed by atoms with Crippen LogP contribution in [-0.2, 0) is 24.3 Å². The molecule has 0 unspecified atom stereocenters. The van der Waals surface area contributed by atoms with Crippen molar-refractivity contribution < 1.29 is 13.6 Å². The summed E-state index contributed by atoms with van der Waals surface area (Å²) in [5.41, 5.74) is 3.03. The van der Waals surface area contributed by atoms with E-state index in [1.54, 1.807) is 7.05 Å². The van der Waals surface area contributed by atoms with E-state index in [-0.39, 0.29) is 18.9 Å². The van der Waals surface area contributed by atoms with Crippen molar-refractivity contribution in [2.45, 2.75) is 47.2 Å². The first kappa shape index (κ1) is 19.1. The van der Waals surface area contributed by atoms with Crippen LogP contribution in [0.1, 0.15) is 36.4 Å². The van der Waals surface area contributed by atoms with Crippen LogP contribution in [0.25, 0.3) is 0 Å². The maximum absolute atomic E-state index is 13.8. The fourth-order valence-electron chi connectivity index (χ4n) is 2.79. The summed E-state index contributed by atoms with van der Waals surface area (Å²) in [6.45, 7) is 9.00. The van der Waals surface area contributed by atoms with Gasteiger partial charge in [-0.3, -0.25) is 9.48 Å². The Bertz CT molecular complexity index is 768. The van der Waals surface area contributed by atoms with Crippen LogP contribution in [0.15, 0.2) is 18.2 Å². The van der Waals surface area contributed by atoms with Gasteiger partial charge in [0.1, 0.15) is 11.6 Å². The average Bonchev–Trinajstić information content (AvgIpc) is 2.76. The molecule has 0 bridgehead atoms. The lowest BCUT2D eigenvalue weighted by molar-refractivity contribution is -0.129. The van der Waals surface area contributed by atoms with E-state index in [4.69, 9.17) is 0 Å². The van der Waals surface area contributed by atoms with Gasteiger partial charge < -0.3 is 4.90 Å². The molecule has 0 N–H and O–H groups in total. The molecule has 1 amide bonds. The minimum atomic E-state index is -0.642. The van der Waals surface area contributed by atoms with Gasteiger partial charge in [-0.15, -0.1) is 0 Å². The third-order valence-electron chi connectivity index (χ3n) is 4.25. The van der Waals surface area contributed by atoms with Crippen molar-refractivity contribution in [1.29, 1.82) is 0 Å². The highest BCUT2D eigenvalue weighted by molar-refractivity contribution is 5.79. The molecule has 0 radical (unpaired) electrons. The molecule has 2 rings (SSSR count). The van der Waals surface area contributed by atoms with Crippen molar-refractivity contribution in [3.63, 3.8) is 0 Å². The maximum atomic E-state index is 13.8. The fourth-order valence-corrected chi connectivity index (χ4v) is 2.79. The molecule has 6 heteroatoms. The number of benzene rings is 1. The number of carbonyl (C=O) groups is 1. The first-order valence-electron chi connectivity index (χ1n) is 8.39. The van der Waals surface area contributed by atoms with Crippen LogP contribution >= 0.6 is 0 Å². The van der Waals surface area contributed by atoms with Gasteiger partial charge >= 0.3 is 0 Å². The van der Waals surface area contributed by atoms with Crippen LogP contribution < -0.4 is 0 Å². The number of hydrogen-bond donors (Lipinski definition) is 0. The largest absolute Gasteiger partial charge is 0.341 e.